The van der Waals surface area contributed by atoms with Gasteiger partial charge in [-0.15, -0.1) is 0 Å². The lowest BCUT2D eigenvalue weighted by molar-refractivity contribution is 0.0979. The number of carbonyl (C=O) groups is 1. The summed E-state index contributed by atoms with van der Waals surface area (Å²) in [5.74, 6) is -0.509. The van der Waals surface area contributed by atoms with Crippen LogP contribution in [0.2, 0.25) is 0 Å². The van der Waals surface area contributed by atoms with Crippen LogP contribution in [0.15, 0.2) is 36.8 Å². The van der Waals surface area contributed by atoms with Gasteiger partial charge >= 0.3 is 0 Å². The first kappa shape index (κ1) is 14.2. The van der Waals surface area contributed by atoms with Gasteiger partial charge in [-0.05, 0) is 37.2 Å². The second-order valence-electron chi connectivity index (χ2n) is 4.47. The quantitative estimate of drug-likeness (QED) is 0.901. The normalized spacial score (nSPS) is 10.6. The van der Waals surface area contributed by atoms with Crippen LogP contribution in [-0.4, -0.2) is 28.5 Å². The van der Waals surface area contributed by atoms with Gasteiger partial charge in [0, 0.05) is 19.3 Å². The Morgan fingerprint density at radius 1 is 1.40 bits per heavy atom. The molecule has 0 aliphatic heterocycles. The molecule has 20 heavy (non-hydrogen) atoms. The minimum Gasteiger partial charge on any atom is -0.330 e. The Morgan fingerprint density at radius 3 is 2.65 bits per heavy atom. The van der Waals surface area contributed by atoms with Gasteiger partial charge in [0.1, 0.15) is 11.5 Å². The number of rotatable bonds is 5. The Hall–Kier alpha value is -2.21. The van der Waals surface area contributed by atoms with Crippen molar-refractivity contribution in [1.82, 2.24) is 9.55 Å². The van der Waals surface area contributed by atoms with Crippen LogP contribution in [0.4, 0.5) is 10.1 Å². The maximum Gasteiger partial charge on any atom is 0.276 e. The van der Waals surface area contributed by atoms with Crippen molar-refractivity contribution in [2.75, 3.05) is 18.0 Å². The molecule has 0 atom stereocenters. The van der Waals surface area contributed by atoms with Crippen molar-refractivity contribution in [2.24, 2.45) is 12.8 Å². The number of imidazole rings is 1. The molecular weight excluding hydrogens is 259 g/mol. The highest BCUT2D eigenvalue weighted by Crippen LogP contribution is 2.18. The van der Waals surface area contributed by atoms with E-state index in [9.17, 15) is 9.18 Å². The van der Waals surface area contributed by atoms with Crippen LogP contribution in [0, 0.1) is 5.82 Å². The Bertz CT molecular complexity index is 579. The molecule has 0 bridgehead atoms. The molecule has 0 saturated heterocycles. The van der Waals surface area contributed by atoms with E-state index >= 15 is 0 Å². The summed E-state index contributed by atoms with van der Waals surface area (Å²) >= 11 is 0. The van der Waals surface area contributed by atoms with Crippen LogP contribution < -0.4 is 10.6 Å². The minimum absolute atomic E-state index is 0.176. The molecule has 0 fully saturated rings. The van der Waals surface area contributed by atoms with Gasteiger partial charge < -0.3 is 15.2 Å². The third-order valence-electron chi connectivity index (χ3n) is 3.01. The predicted octanol–water partition coefficient (Wildman–Crippen LogP) is 1.55. The first-order chi connectivity index (χ1) is 9.63. The molecular formula is C14H17FN4O. The number of halogens is 1. The molecule has 1 amide bonds. The van der Waals surface area contributed by atoms with Gasteiger partial charge in [-0.25, -0.2) is 9.37 Å². The van der Waals surface area contributed by atoms with E-state index in [0.717, 1.165) is 0 Å². The number of nitrogens with two attached hydrogens (primary N) is 1. The van der Waals surface area contributed by atoms with Crippen molar-refractivity contribution in [3.8, 4) is 0 Å². The Morgan fingerprint density at radius 2 is 2.10 bits per heavy atom. The minimum atomic E-state index is -0.333. The zero-order valence-corrected chi connectivity index (χ0v) is 11.3. The van der Waals surface area contributed by atoms with Crippen molar-refractivity contribution in [3.63, 3.8) is 0 Å². The van der Waals surface area contributed by atoms with Crippen molar-refractivity contribution in [1.29, 1.82) is 0 Å². The summed E-state index contributed by atoms with van der Waals surface area (Å²) < 4.78 is 14.7. The number of aryl methyl sites for hydroxylation is 1. The number of carbonyl (C=O) groups excluding carboxylic acids is 1. The first-order valence-electron chi connectivity index (χ1n) is 6.37. The molecule has 2 aromatic rings. The maximum atomic E-state index is 13.0. The van der Waals surface area contributed by atoms with Crippen LogP contribution >= 0.6 is 0 Å². The Balaban J connectivity index is 2.30. The maximum absolute atomic E-state index is 13.0. The highest BCUT2D eigenvalue weighted by Gasteiger charge is 2.19. The van der Waals surface area contributed by atoms with E-state index in [0.29, 0.717) is 30.9 Å². The molecule has 0 aliphatic carbocycles. The average Bonchev–Trinajstić information content (AvgIpc) is 2.87. The molecule has 0 saturated carbocycles. The number of hydrogen-bond donors (Lipinski definition) is 1. The fourth-order valence-electron chi connectivity index (χ4n) is 1.92. The molecule has 2 N–H and O–H groups in total. The van der Waals surface area contributed by atoms with Crippen LogP contribution in [-0.2, 0) is 7.05 Å². The largest absolute Gasteiger partial charge is 0.330 e. The summed E-state index contributed by atoms with van der Waals surface area (Å²) in [6, 6.07) is 5.84. The van der Waals surface area contributed by atoms with E-state index in [1.165, 1.54) is 18.3 Å². The van der Waals surface area contributed by atoms with Crippen LogP contribution in [0.3, 0.4) is 0 Å². The van der Waals surface area contributed by atoms with Crippen molar-refractivity contribution >= 4 is 11.6 Å². The summed E-state index contributed by atoms with van der Waals surface area (Å²) in [5, 5.41) is 0. The number of hydrogen-bond acceptors (Lipinski definition) is 3. The molecule has 2 rings (SSSR count). The van der Waals surface area contributed by atoms with E-state index in [-0.39, 0.29) is 11.7 Å². The van der Waals surface area contributed by atoms with Gasteiger partial charge in [0.2, 0.25) is 0 Å². The molecule has 0 aliphatic rings. The zero-order chi connectivity index (χ0) is 14.5. The molecule has 1 aromatic heterocycles. The summed E-state index contributed by atoms with van der Waals surface area (Å²) in [6.45, 7) is 0.961. The molecule has 0 spiro atoms. The third-order valence-corrected chi connectivity index (χ3v) is 3.01. The van der Waals surface area contributed by atoms with Gasteiger partial charge in [-0.3, -0.25) is 4.79 Å². The molecule has 106 valence electrons. The fraction of sp³-hybridized carbons (Fsp3) is 0.286. The second-order valence-corrected chi connectivity index (χ2v) is 4.47. The number of aromatic nitrogens is 2. The number of nitrogens with zero attached hydrogens (tertiary/aromatic N) is 3. The highest BCUT2D eigenvalue weighted by atomic mass is 19.1. The van der Waals surface area contributed by atoms with Crippen LogP contribution in [0.1, 0.15) is 16.9 Å². The summed E-state index contributed by atoms with van der Waals surface area (Å²) in [5.41, 5.74) is 6.63. The summed E-state index contributed by atoms with van der Waals surface area (Å²) in [6.07, 6.45) is 3.75. The smallest absolute Gasteiger partial charge is 0.276 e. The summed E-state index contributed by atoms with van der Waals surface area (Å²) in [7, 11) is 1.76. The SMILES string of the molecule is Cn1cncc1C(=O)N(CCCN)c1ccc(F)cc1. The highest BCUT2D eigenvalue weighted by molar-refractivity contribution is 6.04. The van der Waals surface area contributed by atoms with Gasteiger partial charge in [-0.1, -0.05) is 0 Å². The first-order valence-corrected chi connectivity index (χ1v) is 6.37. The molecule has 5 nitrogen and oxygen atoms in total. The van der Waals surface area contributed by atoms with Gasteiger partial charge in [0.15, 0.2) is 0 Å². The van der Waals surface area contributed by atoms with Crippen LogP contribution in [0.5, 0.6) is 0 Å². The average molecular weight is 276 g/mol. The van der Waals surface area contributed by atoms with E-state index in [1.54, 1.807) is 35.0 Å². The van der Waals surface area contributed by atoms with Crippen molar-refractivity contribution in [2.45, 2.75) is 6.42 Å². The van der Waals surface area contributed by atoms with Crippen molar-refractivity contribution in [3.05, 3.63) is 48.3 Å². The predicted molar refractivity (Wildman–Crippen MR) is 75.0 cm³/mol. The lowest BCUT2D eigenvalue weighted by atomic mass is 10.2. The van der Waals surface area contributed by atoms with Gasteiger partial charge in [-0.2, -0.15) is 0 Å². The lowest BCUT2D eigenvalue weighted by Gasteiger charge is -2.22. The third kappa shape index (κ3) is 3.03. The van der Waals surface area contributed by atoms with Gasteiger partial charge in [0.05, 0.1) is 12.5 Å². The topological polar surface area (TPSA) is 64.2 Å². The van der Waals surface area contributed by atoms with E-state index in [4.69, 9.17) is 5.73 Å². The van der Waals surface area contributed by atoms with E-state index in [2.05, 4.69) is 4.98 Å². The van der Waals surface area contributed by atoms with E-state index < -0.39 is 0 Å². The summed E-state index contributed by atoms with van der Waals surface area (Å²) in [4.78, 5) is 18.1. The number of benzene rings is 1. The zero-order valence-electron chi connectivity index (χ0n) is 11.3. The van der Waals surface area contributed by atoms with Gasteiger partial charge in [0.25, 0.3) is 5.91 Å². The molecule has 1 aromatic carbocycles. The number of anilines is 1. The molecule has 1 heterocycles. The Kier molecular flexibility index (Phi) is 4.47. The monoisotopic (exact) mass is 276 g/mol. The fourth-order valence-corrected chi connectivity index (χ4v) is 1.92. The van der Waals surface area contributed by atoms with Crippen molar-refractivity contribution < 1.29 is 9.18 Å². The second kappa shape index (κ2) is 6.29. The number of amides is 1. The molecule has 0 unspecified atom stereocenters. The molecule has 0 radical (unpaired) electrons. The lowest BCUT2D eigenvalue weighted by Crippen LogP contribution is -2.34. The molecule has 6 heteroatoms. The van der Waals surface area contributed by atoms with Crippen LogP contribution in [0.25, 0.3) is 0 Å². The Labute approximate surface area is 116 Å². The standard InChI is InChI=1S/C14H17FN4O/c1-18-10-17-9-13(18)14(20)19(8-2-7-16)12-5-3-11(15)4-6-12/h3-6,9-10H,2,7-8,16H2,1H3. The van der Waals surface area contributed by atoms with E-state index in [1.807, 2.05) is 0 Å².